The number of carbonyl (C=O) groups is 1. The monoisotopic (exact) mass is 348 g/mol. The zero-order chi connectivity index (χ0) is 15.2. The molecule has 2 aromatic rings. The number of pyridine rings is 2. The van der Waals surface area contributed by atoms with Crippen LogP contribution >= 0.6 is 15.9 Å². The van der Waals surface area contributed by atoms with Crippen LogP contribution in [0, 0.1) is 0 Å². The van der Waals surface area contributed by atoms with E-state index in [1.807, 2.05) is 19.1 Å². The third-order valence-electron chi connectivity index (χ3n) is 3.11. The molecule has 0 aromatic carbocycles. The highest BCUT2D eigenvalue weighted by molar-refractivity contribution is 9.10. The topological polar surface area (TPSA) is 58.1 Å². The first-order chi connectivity index (χ1) is 10.2. The third-order valence-corrected chi connectivity index (χ3v) is 3.55. The molecule has 0 atom stereocenters. The van der Waals surface area contributed by atoms with Gasteiger partial charge in [-0.2, -0.15) is 0 Å². The first kappa shape index (κ1) is 15.4. The lowest BCUT2D eigenvalue weighted by Crippen LogP contribution is -2.31. The molecule has 0 aliphatic heterocycles. The molecule has 21 heavy (non-hydrogen) atoms. The molecule has 0 aliphatic carbocycles. The minimum Gasteiger partial charge on any atom is -0.372 e. The normalized spacial score (nSPS) is 10.2. The van der Waals surface area contributed by atoms with Crippen molar-refractivity contribution < 1.29 is 4.79 Å². The molecule has 0 saturated carbocycles. The Labute approximate surface area is 132 Å². The van der Waals surface area contributed by atoms with Crippen LogP contribution in [-0.2, 0) is 6.54 Å². The van der Waals surface area contributed by atoms with E-state index in [2.05, 4.69) is 31.2 Å². The van der Waals surface area contributed by atoms with Crippen LogP contribution < -0.4 is 5.32 Å². The molecule has 0 bridgehead atoms. The van der Waals surface area contributed by atoms with Gasteiger partial charge < -0.3 is 10.2 Å². The molecule has 1 amide bonds. The number of rotatable bonds is 5. The Balaban J connectivity index is 2.26. The van der Waals surface area contributed by atoms with Crippen molar-refractivity contribution in [1.82, 2.24) is 14.9 Å². The highest BCUT2D eigenvalue weighted by Crippen LogP contribution is 2.20. The summed E-state index contributed by atoms with van der Waals surface area (Å²) in [5.74, 6) is 0.531. The fraction of sp³-hybridized carbons (Fsp3) is 0.267. The largest absolute Gasteiger partial charge is 0.372 e. The zero-order valence-electron chi connectivity index (χ0n) is 12.0. The Morgan fingerprint density at radius 1 is 1.38 bits per heavy atom. The van der Waals surface area contributed by atoms with Crippen LogP contribution in [0.4, 0.5) is 5.82 Å². The fourth-order valence-corrected chi connectivity index (χ4v) is 2.34. The van der Waals surface area contributed by atoms with Crippen molar-refractivity contribution in [3.8, 4) is 0 Å². The number of nitrogens with zero attached hydrogens (tertiary/aromatic N) is 3. The number of anilines is 1. The van der Waals surface area contributed by atoms with E-state index in [1.165, 1.54) is 0 Å². The van der Waals surface area contributed by atoms with E-state index in [9.17, 15) is 4.79 Å². The van der Waals surface area contributed by atoms with Crippen molar-refractivity contribution in [1.29, 1.82) is 0 Å². The summed E-state index contributed by atoms with van der Waals surface area (Å²) in [7, 11) is 1.76. The van der Waals surface area contributed by atoms with Crippen LogP contribution in [0.5, 0.6) is 0 Å². The van der Waals surface area contributed by atoms with Crippen LogP contribution in [0.3, 0.4) is 0 Å². The Bertz CT molecular complexity index is 618. The standard InChI is InChI=1S/C15H17BrN4O/c1-3-20(10-11-4-6-18-7-5-11)15(21)13-8-12(16)9-19-14(13)17-2/h4-9H,3,10H2,1-2H3,(H,17,19). The van der Waals surface area contributed by atoms with Crippen molar-refractivity contribution in [3.63, 3.8) is 0 Å². The maximum atomic E-state index is 12.7. The number of halogens is 1. The summed E-state index contributed by atoms with van der Waals surface area (Å²) in [5, 5.41) is 2.96. The quantitative estimate of drug-likeness (QED) is 0.902. The van der Waals surface area contributed by atoms with Crippen LogP contribution in [0.2, 0.25) is 0 Å². The summed E-state index contributed by atoms with van der Waals surface area (Å²) in [6, 6.07) is 5.61. The lowest BCUT2D eigenvalue weighted by molar-refractivity contribution is 0.0753. The van der Waals surface area contributed by atoms with Crippen molar-refractivity contribution in [3.05, 3.63) is 52.4 Å². The summed E-state index contributed by atoms with van der Waals surface area (Å²) in [6.07, 6.45) is 5.13. The number of hydrogen-bond acceptors (Lipinski definition) is 4. The van der Waals surface area contributed by atoms with Gasteiger partial charge in [0.15, 0.2) is 0 Å². The lowest BCUT2D eigenvalue weighted by Gasteiger charge is -2.22. The molecule has 6 heteroatoms. The molecule has 0 unspecified atom stereocenters. The predicted molar refractivity (Wildman–Crippen MR) is 86.1 cm³/mol. The Hall–Kier alpha value is -1.95. The van der Waals surface area contributed by atoms with E-state index >= 15 is 0 Å². The number of hydrogen-bond donors (Lipinski definition) is 1. The second kappa shape index (κ2) is 7.17. The van der Waals surface area contributed by atoms with E-state index in [1.54, 1.807) is 36.6 Å². The van der Waals surface area contributed by atoms with Gasteiger partial charge in [0.1, 0.15) is 5.82 Å². The van der Waals surface area contributed by atoms with Crippen molar-refractivity contribution >= 4 is 27.7 Å². The average molecular weight is 349 g/mol. The molecule has 2 aromatic heterocycles. The van der Waals surface area contributed by atoms with Gasteiger partial charge in [-0.1, -0.05) is 0 Å². The number of aromatic nitrogens is 2. The first-order valence-corrected chi connectivity index (χ1v) is 7.46. The van der Waals surface area contributed by atoms with Gasteiger partial charge in [-0.3, -0.25) is 9.78 Å². The van der Waals surface area contributed by atoms with Gasteiger partial charge in [0, 0.05) is 43.2 Å². The summed E-state index contributed by atoms with van der Waals surface area (Å²) in [6.45, 7) is 3.13. The van der Waals surface area contributed by atoms with Crippen molar-refractivity contribution in [2.24, 2.45) is 0 Å². The summed E-state index contributed by atoms with van der Waals surface area (Å²) in [4.78, 5) is 22.7. The van der Waals surface area contributed by atoms with E-state index in [0.29, 0.717) is 24.5 Å². The molecule has 0 spiro atoms. The van der Waals surface area contributed by atoms with Gasteiger partial charge >= 0.3 is 0 Å². The van der Waals surface area contributed by atoms with Gasteiger partial charge in [-0.05, 0) is 46.6 Å². The Kier molecular flexibility index (Phi) is 5.27. The molecule has 0 fully saturated rings. The van der Waals surface area contributed by atoms with Crippen molar-refractivity contribution in [2.45, 2.75) is 13.5 Å². The Morgan fingerprint density at radius 3 is 2.71 bits per heavy atom. The molecule has 0 radical (unpaired) electrons. The molecule has 2 rings (SSSR count). The minimum absolute atomic E-state index is 0.0486. The molecule has 5 nitrogen and oxygen atoms in total. The van der Waals surface area contributed by atoms with Crippen molar-refractivity contribution in [2.75, 3.05) is 18.9 Å². The summed E-state index contributed by atoms with van der Waals surface area (Å²) >= 11 is 3.36. The second-order valence-electron chi connectivity index (χ2n) is 4.47. The van der Waals surface area contributed by atoms with Crippen LogP contribution in [-0.4, -0.2) is 34.4 Å². The van der Waals surface area contributed by atoms with E-state index in [-0.39, 0.29) is 5.91 Å². The number of amides is 1. The molecular formula is C15H17BrN4O. The van der Waals surface area contributed by atoms with E-state index < -0.39 is 0 Å². The van der Waals surface area contributed by atoms with Gasteiger partial charge in [0.2, 0.25) is 0 Å². The highest BCUT2D eigenvalue weighted by Gasteiger charge is 2.19. The third kappa shape index (κ3) is 3.78. The summed E-state index contributed by atoms with van der Waals surface area (Å²) in [5.41, 5.74) is 1.61. The van der Waals surface area contributed by atoms with Gasteiger partial charge in [-0.15, -0.1) is 0 Å². The number of nitrogens with one attached hydrogen (secondary N) is 1. The minimum atomic E-state index is -0.0486. The molecule has 1 N–H and O–H groups in total. The SMILES string of the molecule is CCN(Cc1ccncc1)C(=O)c1cc(Br)cnc1NC. The number of carbonyl (C=O) groups excluding carboxylic acids is 1. The summed E-state index contributed by atoms with van der Waals surface area (Å²) < 4.78 is 0.782. The van der Waals surface area contributed by atoms with Crippen LogP contribution in [0.25, 0.3) is 0 Å². The smallest absolute Gasteiger partial charge is 0.257 e. The second-order valence-corrected chi connectivity index (χ2v) is 5.39. The highest BCUT2D eigenvalue weighted by atomic mass is 79.9. The molecule has 0 aliphatic rings. The maximum absolute atomic E-state index is 12.7. The lowest BCUT2D eigenvalue weighted by atomic mass is 10.2. The average Bonchev–Trinajstić information content (AvgIpc) is 2.53. The Morgan fingerprint density at radius 2 is 2.10 bits per heavy atom. The molecule has 0 saturated heterocycles. The first-order valence-electron chi connectivity index (χ1n) is 6.67. The van der Waals surface area contributed by atoms with E-state index in [4.69, 9.17) is 0 Å². The van der Waals surface area contributed by atoms with Gasteiger partial charge in [0.05, 0.1) is 5.56 Å². The molecule has 2 heterocycles. The fourth-order valence-electron chi connectivity index (χ4n) is 2.01. The van der Waals surface area contributed by atoms with E-state index in [0.717, 1.165) is 10.0 Å². The maximum Gasteiger partial charge on any atom is 0.257 e. The zero-order valence-corrected chi connectivity index (χ0v) is 13.6. The molecule has 110 valence electrons. The van der Waals surface area contributed by atoms with Gasteiger partial charge in [0.25, 0.3) is 5.91 Å². The van der Waals surface area contributed by atoms with Gasteiger partial charge in [-0.25, -0.2) is 4.98 Å². The molecular weight excluding hydrogens is 332 g/mol. The van der Waals surface area contributed by atoms with Crippen LogP contribution in [0.15, 0.2) is 41.3 Å². The predicted octanol–water partition coefficient (Wildman–Crippen LogP) is 2.94. The van der Waals surface area contributed by atoms with Crippen LogP contribution in [0.1, 0.15) is 22.8 Å².